The largest absolute Gasteiger partial charge is 0.462 e. The molecule has 0 saturated carbocycles. The lowest BCUT2D eigenvalue weighted by molar-refractivity contribution is -0.152. The molecule has 0 bridgehead atoms. The fourth-order valence-electron chi connectivity index (χ4n) is 3.97. The molecule has 0 saturated heterocycles. The minimum absolute atomic E-state index is 0.171. The smallest absolute Gasteiger partial charge is 0.305 e. The van der Waals surface area contributed by atoms with Crippen LogP contribution in [0.2, 0.25) is 0 Å². The van der Waals surface area contributed by atoms with Crippen LogP contribution in [0, 0.1) is 0 Å². The van der Waals surface area contributed by atoms with Crippen molar-refractivity contribution in [3.8, 4) is 0 Å². The zero-order chi connectivity index (χ0) is 23.5. The van der Waals surface area contributed by atoms with Crippen LogP contribution in [0.1, 0.15) is 155 Å². The van der Waals surface area contributed by atoms with Gasteiger partial charge in [-0.1, -0.05) is 129 Å². The highest BCUT2D eigenvalue weighted by Crippen LogP contribution is 2.14. The standard InChI is InChI=1S/C28H54O4/c1-3-5-7-9-10-11-12-13-14-15-16-17-18-20-22-24-28(30)32-26-25-31-27(29)23-21-19-8-6-4-2/h3-26H2,1-2H3. The monoisotopic (exact) mass is 454 g/mol. The van der Waals surface area contributed by atoms with Crippen LogP contribution in [-0.4, -0.2) is 25.2 Å². The van der Waals surface area contributed by atoms with E-state index in [1.165, 1.54) is 103 Å². The maximum atomic E-state index is 11.7. The summed E-state index contributed by atoms with van der Waals surface area (Å²) >= 11 is 0. The van der Waals surface area contributed by atoms with Gasteiger partial charge in [-0.05, 0) is 12.8 Å². The van der Waals surface area contributed by atoms with Crippen LogP contribution in [0.15, 0.2) is 0 Å². The van der Waals surface area contributed by atoms with E-state index in [0.717, 1.165) is 25.7 Å². The van der Waals surface area contributed by atoms with E-state index in [4.69, 9.17) is 9.47 Å². The van der Waals surface area contributed by atoms with Gasteiger partial charge in [0, 0.05) is 12.8 Å². The van der Waals surface area contributed by atoms with Crippen molar-refractivity contribution in [2.45, 2.75) is 155 Å². The third-order valence-corrected chi connectivity index (χ3v) is 6.08. The molecule has 0 aliphatic carbocycles. The highest BCUT2D eigenvalue weighted by Gasteiger charge is 2.05. The molecule has 32 heavy (non-hydrogen) atoms. The summed E-state index contributed by atoms with van der Waals surface area (Å²) in [7, 11) is 0. The zero-order valence-electron chi connectivity index (χ0n) is 21.6. The van der Waals surface area contributed by atoms with Crippen molar-refractivity contribution in [1.29, 1.82) is 0 Å². The highest BCUT2D eigenvalue weighted by atomic mass is 16.6. The molecule has 0 aromatic carbocycles. The average molecular weight is 455 g/mol. The lowest BCUT2D eigenvalue weighted by Gasteiger charge is -2.07. The van der Waals surface area contributed by atoms with E-state index in [-0.39, 0.29) is 25.2 Å². The van der Waals surface area contributed by atoms with Crippen molar-refractivity contribution in [3.63, 3.8) is 0 Å². The number of carbonyl (C=O) groups is 2. The topological polar surface area (TPSA) is 52.6 Å². The van der Waals surface area contributed by atoms with Crippen molar-refractivity contribution in [2.24, 2.45) is 0 Å². The Kier molecular flexibility index (Phi) is 25.3. The zero-order valence-corrected chi connectivity index (χ0v) is 21.6. The summed E-state index contributed by atoms with van der Waals surface area (Å²) in [6, 6.07) is 0. The van der Waals surface area contributed by atoms with Crippen molar-refractivity contribution < 1.29 is 19.1 Å². The van der Waals surface area contributed by atoms with E-state index in [1.807, 2.05) is 0 Å². The molecule has 0 heterocycles. The van der Waals surface area contributed by atoms with Crippen molar-refractivity contribution in [2.75, 3.05) is 13.2 Å². The van der Waals surface area contributed by atoms with Gasteiger partial charge < -0.3 is 9.47 Å². The Balaban J connectivity index is 3.24. The molecular weight excluding hydrogens is 400 g/mol. The van der Waals surface area contributed by atoms with Gasteiger partial charge >= 0.3 is 11.9 Å². The number of rotatable bonds is 25. The summed E-state index contributed by atoms with van der Waals surface area (Å²) in [6.07, 6.45) is 26.3. The van der Waals surface area contributed by atoms with Crippen LogP contribution >= 0.6 is 0 Å². The molecule has 0 atom stereocenters. The Labute approximate surface area is 199 Å². The molecule has 0 N–H and O–H groups in total. The Morgan fingerprint density at radius 2 is 0.656 bits per heavy atom. The summed E-state index contributed by atoms with van der Waals surface area (Å²) in [5, 5.41) is 0. The first-order valence-electron chi connectivity index (χ1n) is 14.0. The minimum atomic E-state index is -0.181. The van der Waals surface area contributed by atoms with Crippen LogP contribution < -0.4 is 0 Å². The summed E-state index contributed by atoms with van der Waals surface area (Å²) in [4.78, 5) is 23.3. The highest BCUT2D eigenvalue weighted by molar-refractivity contribution is 5.70. The van der Waals surface area contributed by atoms with Gasteiger partial charge in [0.25, 0.3) is 0 Å². The summed E-state index contributed by atoms with van der Waals surface area (Å²) in [6.45, 7) is 4.81. The number of carbonyl (C=O) groups excluding carboxylic acids is 2. The predicted molar refractivity (Wildman–Crippen MR) is 135 cm³/mol. The first kappa shape index (κ1) is 30.9. The van der Waals surface area contributed by atoms with Gasteiger partial charge in [-0.15, -0.1) is 0 Å². The maximum Gasteiger partial charge on any atom is 0.305 e. The summed E-state index contributed by atoms with van der Waals surface area (Å²) in [5.74, 6) is -0.352. The molecule has 0 rings (SSSR count). The molecule has 0 aliphatic rings. The van der Waals surface area contributed by atoms with Crippen LogP contribution in [0.25, 0.3) is 0 Å². The van der Waals surface area contributed by atoms with E-state index in [2.05, 4.69) is 13.8 Å². The van der Waals surface area contributed by atoms with Crippen LogP contribution in [0.5, 0.6) is 0 Å². The van der Waals surface area contributed by atoms with Gasteiger partial charge in [0.15, 0.2) is 0 Å². The maximum absolute atomic E-state index is 11.7. The fourth-order valence-corrected chi connectivity index (χ4v) is 3.97. The molecule has 4 heteroatoms. The quantitative estimate of drug-likeness (QED) is 0.102. The van der Waals surface area contributed by atoms with Crippen LogP contribution in [-0.2, 0) is 19.1 Å². The third kappa shape index (κ3) is 25.2. The van der Waals surface area contributed by atoms with Gasteiger partial charge in [-0.3, -0.25) is 9.59 Å². The first-order chi connectivity index (χ1) is 15.7. The molecule has 0 radical (unpaired) electrons. The lowest BCUT2D eigenvalue weighted by atomic mass is 10.0. The van der Waals surface area contributed by atoms with Gasteiger partial charge in [-0.2, -0.15) is 0 Å². The molecule has 4 nitrogen and oxygen atoms in total. The Bertz CT molecular complexity index is 408. The average Bonchev–Trinajstić information content (AvgIpc) is 2.79. The van der Waals surface area contributed by atoms with E-state index in [1.54, 1.807) is 0 Å². The number of unbranched alkanes of at least 4 members (excludes halogenated alkanes) is 18. The summed E-state index contributed by atoms with van der Waals surface area (Å²) < 4.78 is 10.3. The Morgan fingerprint density at radius 1 is 0.406 bits per heavy atom. The predicted octanol–water partition coefficient (Wildman–Crippen LogP) is 8.69. The second-order valence-corrected chi connectivity index (χ2v) is 9.30. The Hall–Kier alpha value is -1.06. The van der Waals surface area contributed by atoms with Crippen molar-refractivity contribution >= 4 is 11.9 Å². The second kappa shape index (κ2) is 26.2. The number of esters is 2. The van der Waals surface area contributed by atoms with E-state index < -0.39 is 0 Å². The molecule has 0 fully saturated rings. The molecule has 0 aromatic rings. The van der Waals surface area contributed by atoms with E-state index in [0.29, 0.717) is 12.8 Å². The van der Waals surface area contributed by atoms with Crippen molar-refractivity contribution in [3.05, 3.63) is 0 Å². The van der Waals surface area contributed by atoms with Gasteiger partial charge in [0.05, 0.1) is 0 Å². The number of ether oxygens (including phenoxy) is 2. The molecule has 0 aromatic heterocycles. The van der Waals surface area contributed by atoms with Gasteiger partial charge in [-0.25, -0.2) is 0 Å². The number of hydrogen-bond donors (Lipinski definition) is 0. The summed E-state index contributed by atoms with van der Waals surface area (Å²) in [5.41, 5.74) is 0. The molecule has 0 spiro atoms. The van der Waals surface area contributed by atoms with Crippen molar-refractivity contribution in [1.82, 2.24) is 0 Å². The van der Waals surface area contributed by atoms with Crippen LogP contribution in [0.4, 0.5) is 0 Å². The SMILES string of the molecule is CCCCCCCCCCCCCCCCCC(=O)OCCOC(=O)CCCCCCC. The fraction of sp³-hybridized carbons (Fsp3) is 0.929. The van der Waals surface area contributed by atoms with E-state index >= 15 is 0 Å². The molecule has 0 aliphatic heterocycles. The first-order valence-corrected chi connectivity index (χ1v) is 14.0. The lowest BCUT2D eigenvalue weighted by Crippen LogP contribution is -2.13. The normalized spacial score (nSPS) is 10.9. The molecular formula is C28H54O4. The minimum Gasteiger partial charge on any atom is -0.462 e. The van der Waals surface area contributed by atoms with E-state index in [9.17, 15) is 9.59 Å². The second-order valence-electron chi connectivity index (χ2n) is 9.30. The van der Waals surface area contributed by atoms with Crippen LogP contribution in [0.3, 0.4) is 0 Å². The van der Waals surface area contributed by atoms with Gasteiger partial charge in [0.1, 0.15) is 13.2 Å². The third-order valence-electron chi connectivity index (χ3n) is 6.08. The molecule has 0 amide bonds. The molecule has 0 unspecified atom stereocenters. The Morgan fingerprint density at radius 3 is 0.938 bits per heavy atom. The molecule has 190 valence electrons. The number of hydrogen-bond acceptors (Lipinski definition) is 4. The van der Waals surface area contributed by atoms with Gasteiger partial charge in [0.2, 0.25) is 0 Å².